The summed E-state index contributed by atoms with van der Waals surface area (Å²) >= 11 is 0. The van der Waals surface area contributed by atoms with Crippen molar-refractivity contribution in [3.63, 3.8) is 0 Å². The van der Waals surface area contributed by atoms with Gasteiger partial charge in [0.25, 0.3) is 5.91 Å². The lowest BCUT2D eigenvalue weighted by atomic mass is 10.00. The number of anilines is 1. The zero-order valence-corrected chi connectivity index (χ0v) is 16.5. The molecular weight excluding hydrogens is 364 g/mol. The molecule has 0 fully saturated rings. The van der Waals surface area contributed by atoms with Crippen LogP contribution in [0, 0.1) is 0 Å². The molecule has 0 unspecified atom stereocenters. The highest BCUT2D eigenvalue weighted by molar-refractivity contribution is 5.93. The molecule has 0 radical (unpaired) electrons. The molecule has 2 aromatic carbocycles. The first-order valence-corrected chi connectivity index (χ1v) is 9.78. The van der Waals surface area contributed by atoms with Crippen LogP contribution in [0.15, 0.2) is 60.9 Å². The van der Waals surface area contributed by atoms with Gasteiger partial charge in [0.15, 0.2) is 0 Å². The second kappa shape index (κ2) is 8.73. The van der Waals surface area contributed by atoms with Gasteiger partial charge in [0.2, 0.25) is 0 Å². The first-order chi connectivity index (χ1) is 14.2. The van der Waals surface area contributed by atoms with Gasteiger partial charge in [-0.3, -0.25) is 4.79 Å². The molecule has 6 nitrogen and oxygen atoms in total. The van der Waals surface area contributed by atoms with Gasteiger partial charge >= 0.3 is 0 Å². The highest BCUT2D eigenvalue weighted by Gasteiger charge is 2.22. The highest BCUT2D eigenvalue weighted by atomic mass is 16.5. The number of carbonyl (C=O) groups is 1. The average Bonchev–Trinajstić information content (AvgIpc) is 2.79. The maximum absolute atomic E-state index is 12.9. The van der Waals surface area contributed by atoms with Crippen molar-refractivity contribution >= 4 is 11.7 Å². The molecule has 1 N–H and O–H groups in total. The van der Waals surface area contributed by atoms with E-state index in [1.165, 1.54) is 23.0 Å². The van der Waals surface area contributed by atoms with Gasteiger partial charge in [0.1, 0.15) is 23.6 Å². The second-order valence-corrected chi connectivity index (χ2v) is 7.06. The van der Waals surface area contributed by atoms with E-state index in [0.29, 0.717) is 31.1 Å². The van der Waals surface area contributed by atoms with Crippen molar-refractivity contribution in [1.29, 1.82) is 0 Å². The molecule has 4 rings (SSSR count). The zero-order chi connectivity index (χ0) is 20.1. The first-order valence-electron chi connectivity index (χ1n) is 9.78. The van der Waals surface area contributed by atoms with E-state index in [2.05, 4.69) is 27.4 Å². The van der Waals surface area contributed by atoms with Crippen LogP contribution in [-0.2, 0) is 19.4 Å². The van der Waals surface area contributed by atoms with Gasteiger partial charge < -0.3 is 15.0 Å². The van der Waals surface area contributed by atoms with E-state index in [4.69, 9.17) is 4.74 Å². The van der Waals surface area contributed by atoms with Crippen LogP contribution in [-0.4, -0.2) is 41.0 Å². The minimum absolute atomic E-state index is 0.0555. The monoisotopic (exact) mass is 388 g/mol. The van der Waals surface area contributed by atoms with Crippen LogP contribution in [0.1, 0.15) is 27.2 Å². The number of fused-ring (bicyclic) bond motifs is 1. The number of hydrogen-bond donors (Lipinski definition) is 1. The molecule has 1 amide bonds. The Kier molecular flexibility index (Phi) is 5.70. The van der Waals surface area contributed by atoms with Crippen molar-refractivity contribution in [2.45, 2.75) is 19.4 Å². The Morgan fingerprint density at radius 2 is 1.90 bits per heavy atom. The molecule has 0 saturated carbocycles. The summed E-state index contributed by atoms with van der Waals surface area (Å²) in [4.78, 5) is 23.2. The third kappa shape index (κ3) is 4.54. The summed E-state index contributed by atoms with van der Waals surface area (Å²) in [5.41, 5.74) is 4.15. The minimum Gasteiger partial charge on any atom is -0.497 e. The molecule has 0 aliphatic carbocycles. The Hall–Kier alpha value is -3.41. The summed E-state index contributed by atoms with van der Waals surface area (Å²) in [6.45, 7) is 2.05. The summed E-state index contributed by atoms with van der Waals surface area (Å²) in [5, 5.41) is 3.28. The van der Waals surface area contributed by atoms with Gasteiger partial charge in [-0.2, -0.15) is 0 Å². The molecule has 1 aromatic heterocycles. The molecule has 6 heteroatoms. The molecule has 148 valence electrons. The molecular formula is C23H24N4O2. The third-order valence-electron chi connectivity index (χ3n) is 5.18. The lowest BCUT2D eigenvalue weighted by Gasteiger charge is -2.28. The molecule has 29 heavy (non-hydrogen) atoms. The van der Waals surface area contributed by atoms with Crippen LogP contribution in [0.3, 0.4) is 0 Å². The lowest BCUT2D eigenvalue weighted by molar-refractivity contribution is 0.0728. The number of benzene rings is 2. The van der Waals surface area contributed by atoms with Crippen LogP contribution >= 0.6 is 0 Å². The largest absolute Gasteiger partial charge is 0.497 e. The average molecular weight is 388 g/mol. The number of ether oxygens (including phenoxy) is 1. The Morgan fingerprint density at radius 3 is 2.69 bits per heavy atom. The Labute approximate surface area is 170 Å². The van der Waals surface area contributed by atoms with Crippen molar-refractivity contribution < 1.29 is 9.53 Å². The van der Waals surface area contributed by atoms with Gasteiger partial charge in [-0.15, -0.1) is 0 Å². The Bertz CT molecular complexity index is 988. The number of carbonyl (C=O) groups excluding carboxylic acids is 1. The molecule has 2 heterocycles. The molecule has 3 aromatic rings. The molecule has 0 saturated heterocycles. The smallest absolute Gasteiger partial charge is 0.272 e. The van der Waals surface area contributed by atoms with Crippen molar-refractivity contribution in [3.05, 3.63) is 83.3 Å². The minimum atomic E-state index is -0.0555. The summed E-state index contributed by atoms with van der Waals surface area (Å²) in [6, 6.07) is 18.0. The maximum Gasteiger partial charge on any atom is 0.272 e. The van der Waals surface area contributed by atoms with Crippen molar-refractivity contribution in [2.75, 3.05) is 25.5 Å². The normalized spacial score (nSPS) is 12.9. The predicted molar refractivity (Wildman–Crippen MR) is 112 cm³/mol. The standard InChI is InChI=1S/C23H24N4O2/c1-29-20-8-6-17(7-9-20)10-12-24-22-14-21(25-16-26-22)23(28)27-13-11-18-4-2-3-5-19(18)15-27/h2-9,14,16H,10-13,15H2,1H3,(H,24,25,26). The van der Waals surface area contributed by atoms with E-state index in [1.807, 2.05) is 41.3 Å². The number of rotatable bonds is 6. The highest BCUT2D eigenvalue weighted by Crippen LogP contribution is 2.20. The van der Waals surface area contributed by atoms with Gasteiger partial charge in [-0.05, 0) is 41.7 Å². The summed E-state index contributed by atoms with van der Waals surface area (Å²) in [7, 11) is 1.66. The van der Waals surface area contributed by atoms with Gasteiger partial charge in [-0.1, -0.05) is 36.4 Å². The molecule has 1 aliphatic heterocycles. The van der Waals surface area contributed by atoms with E-state index in [-0.39, 0.29) is 5.91 Å². The zero-order valence-electron chi connectivity index (χ0n) is 16.5. The molecule has 0 atom stereocenters. The van der Waals surface area contributed by atoms with Gasteiger partial charge in [0, 0.05) is 25.7 Å². The van der Waals surface area contributed by atoms with Gasteiger partial charge in [-0.25, -0.2) is 9.97 Å². The lowest BCUT2D eigenvalue weighted by Crippen LogP contribution is -2.36. The number of amides is 1. The molecule has 1 aliphatic rings. The van der Waals surface area contributed by atoms with Gasteiger partial charge in [0.05, 0.1) is 7.11 Å². The van der Waals surface area contributed by atoms with Crippen LogP contribution in [0.2, 0.25) is 0 Å². The van der Waals surface area contributed by atoms with E-state index in [9.17, 15) is 4.79 Å². The summed E-state index contributed by atoms with van der Waals surface area (Å²) < 4.78 is 5.18. The summed E-state index contributed by atoms with van der Waals surface area (Å²) in [5.74, 6) is 1.45. The van der Waals surface area contributed by atoms with E-state index in [0.717, 1.165) is 18.6 Å². The number of hydrogen-bond acceptors (Lipinski definition) is 5. The van der Waals surface area contributed by atoms with Crippen LogP contribution < -0.4 is 10.1 Å². The number of nitrogens with one attached hydrogen (secondary N) is 1. The number of nitrogens with zero attached hydrogens (tertiary/aromatic N) is 3. The number of aromatic nitrogens is 2. The third-order valence-corrected chi connectivity index (χ3v) is 5.18. The fourth-order valence-electron chi connectivity index (χ4n) is 3.53. The van der Waals surface area contributed by atoms with E-state index < -0.39 is 0 Å². The maximum atomic E-state index is 12.9. The van der Waals surface area contributed by atoms with Crippen LogP contribution in [0.25, 0.3) is 0 Å². The SMILES string of the molecule is COc1ccc(CCNc2cc(C(=O)N3CCc4ccccc4C3)ncn2)cc1. The van der Waals surface area contributed by atoms with E-state index >= 15 is 0 Å². The van der Waals surface area contributed by atoms with Crippen molar-refractivity contribution in [2.24, 2.45) is 0 Å². The fraction of sp³-hybridized carbons (Fsp3) is 0.261. The van der Waals surface area contributed by atoms with Crippen LogP contribution in [0.5, 0.6) is 5.75 Å². The molecule has 0 spiro atoms. The topological polar surface area (TPSA) is 67.3 Å². The van der Waals surface area contributed by atoms with Crippen molar-refractivity contribution in [1.82, 2.24) is 14.9 Å². The molecule has 0 bridgehead atoms. The van der Waals surface area contributed by atoms with Crippen LogP contribution in [0.4, 0.5) is 5.82 Å². The van der Waals surface area contributed by atoms with E-state index in [1.54, 1.807) is 13.2 Å². The fourth-order valence-corrected chi connectivity index (χ4v) is 3.53. The quantitative estimate of drug-likeness (QED) is 0.702. The van der Waals surface area contributed by atoms with Crippen molar-refractivity contribution in [3.8, 4) is 5.75 Å². The summed E-state index contributed by atoms with van der Waals surface area (Å²) in [6.07, 6.45) is 3.17. The second-order valence-electron chi connectivity index (χ2n) is 7.06. The Balaban J connectivity index is 1.36. The Morgan fingerprint density at radius 1 is 1.10 bits per heavy atom. The number of methoxy groups -OCH3 is 1. The predicted octanol–water partition coefficient (Wildman–Crippen LogP) is 3.34. The first kappa shape index (κ1) is 18.9.